The van der Waals surface area contributed by atoms with Crippen LogP contribution in [0.3, 0.4) is 0 Å². The second-order valence-electron chi connectivity index (χ2n) is 7.00. The molecule has 1 aromatic heterocycles. The number of fused-ring (bicyclic) bond motifs is 2. The number of rotatable bonds is 5. The minimum atomic E-state index is 0.614. The maximum Gasteiger partial charge on any atom is 0.0459 e. The molecule has 1 aliphatic carbocycles. The Labute approximate surface area is 132 Å². The first kappa shape index (κ1) is 14.3. The van der Waals surface area contributed by atoms with Crippen molar-refractivity contribution in [1.29, 1.82) is 0 Å². The van der Waals surface area contributed by atoms with Gasteiger partial charge in [-0.1, -0.05) is 31.9 Å². The highest BCUT2D eigenvalue weighted by Gasteiger charge is 2.35. The number of aromatic nitrogens is 1. The molecule has 2 heterocycles. The van der Waals surface area contributed by atoms with Gasteiger partial charge >= 0.3 is 0 Å². The number of piperidine rings is 1. The van der Waals surface area contributed by atoms with Crippen molar-refractivity contribution in [3.63, 3.8) is 0 Å². The van der Waals surface area contributed by atoms with E-state index in [2.05, 4.69) is 46.9 Å². The van der Waals surface area contributed by atoms with E-state index in [1.54, 1.807) is 5.56 Å². The minimum Gasteiger partial charge on any atom is -0.361 e. The number of H-pyrrole nitrogens is 1. The van der Waals surface area contributed by atoms with E-state index in [-0.39, 0.29) is 0 Å². The summed E-state index contributed by atoms with van der Waals surface area (Å²) in [7, 11) is 0. The first-order valence-electron chi connectivity index (χ1n) is 8.92. The lowest BCUT2D eigenvalue weighted by molar-refractivity contribution is 0.284. The van der Waals surface area contributed by atoms with Gasteiger partial charge in [-0.3, -0.25) is 0 Å². The number of hydrogen-bond acceptors (Lipinski definition) is 2. The van der Waals surface area contributed by atoms with Crippen molar-refractivity contribution >= 4 is 10.9 Å². The zero-order chi connectivity index (χ0) is 14.9. The number of hydrogen-bond donors (Lipinski definition) is 3. The molecule has 3 N–H and O–H groups in total. The van der Waals surface area contributed by atoms with Crippen LogP contribution in [0.15, 0.2) is 24.4 Å². The molecule has 0 unspecified atom stereocenters. The third kappa shape index (κ3) is 2.46. The highest BCUT2D eigenvalue weighted by atomic mass is 15.0. The molecule has 1 aliphatic heterocycles. The van der Waals surface area contributed by atoms with Crippen LogP contribution in [0.4, 0.5) is 0 Å². The molecular weight excluding hydrogens is 270 g/mol. The highest BCUT2D eigenvalue weighted by Crippen LogP contribution is 2.40. The summed E-state index contributed by atoms with van der Waals surface area (Å²) in [5, 5.41) is 9.08. The van der Waals surface area contributed by atoms with E-state index in [4.69, 9.17) is 0 Å². The summed E-state index contributed by atoms with van der Waals surface area (Å²) in [6.07, 6.45) is 8.59. The fourth-order valence-corrected chi connectivity index (χ4v) is 4.38. The molecule has 2 aromatic rings. The van der Waals surface area contributed by atoms with Crippen molar-refractivity contribution < 1.29 is 0 Å². The Morgan fingerprint density at radius 2 is 2.23 bits per heavy atom. The standard InChI is InChI=1S/C19H27N3/c1-2-3-4-8-20-14-10-16-15-6-5-7-17-19(15)13(11-21-17)9-18(16)22-12-14/h5-7,11,14,16,18,20-22H,2-4,8-10,12H2,1H3/t14-,16+,18+/m0/s1. The second kappa shape index (κ2) is 6.05. The van der Waals surface area contributed by atoms with Crippen LogP contribution in [0, 0.1) is 0 Å². The quantitative estimate of drug-likeness (QED) is 0.741. The lowest BCUT2D eigenvalue weighted by Gasteiger charge is -2.40. The molecule has 22 heavy (non-hydrogen) atoms. The second-order valence-corrected chi connectivity index (χ2v) is 7.00. The SMILES string of the molecule is CCCCCN[C@@H]1CN[C@@H]2Cc3c[nH]c4cccc(c34)[C@H]2C1. The van der Waals surface area contributed by atoms with Crippen LogP contribution >= 0.6 is 0 Å². The Morgan fingerprint density at radius 3 is 3.14 bits per heavy atom. The maximum atomic E-state index is 3.81. The summed E-state index contributed by atoms with van der Waals surface area (Å²) in [6, 6.07) is 7.99. The van der Waals surface area contributed by atoms with E-state index in [9.17, 15) is 0 Å². The molecule has 0 radical (unpaired) electrons. The van der Waals surface area contributed by atoms with Gasteiger partial charge in [-0.2, -0.15) is 0 Å². The Bertz CT molecular complexity index is 645. The molecule has 0 bridgehead atoms. The Morgan fingerprint density at radius 1 is 1.27 bits per heavy atom. The molecule has 1 saturated heterocycles. The van der Waals surface area contributed by atoms with E-state index >= 15 is 0 Å². The van der Waals surface area contributed by atoms with Crippen molar-refractivity contribution in [2.45, 2.75) is 57.0 Å². The molecule has 0 spiro atoms. The molecule has 118 valence electrons. The Hall–Kier alpha value is -1.32. The summed E-state index contributed by atoms with van der Waals surface area (Å²) < 4.78 is 0. The van der Waals surface area contributed by atoms with Crippen LogP contribution in [-0.4, -0.2) is 30.2 Å². The zero-order valence-electron chi connectivity index (χ0n) is 13.5. The summed E-state index contributed by atoms with van der Waals surface area (Å²) >= 11 is 0. The van der Waals surface area contributed by atoms with E-state index in [1.807, 2.05) is 0 Å². The normalized spacial score (nSPS) is 27.0. The van der Waals surface area contributed by atoms with E-state index in [0.29, 0.717) is 18.0 Å². The molecular formula is C19H27N3. The molecule has 3 atom stereocenters. The van der Waals surface area contributed by atoms with Crippen molar-refractivity contribution in [1.82, 2.24) is 15.6 Å². The number of nitrogens with one attached hydrogen (secondary N) is 3. The third-order valence-electron chi connectivity index (χ3n) is 5.52. The fraction of sp³-hybridized carbons (Fsp3) is 0.579. The molecule has 3 nitrogen and oxygen atoms in total. The average molecular weight is 297 g/mol. The molecule has 2 aliphatic rings. The average Bonchev–Trinajstić information content (AvgIpc) is 2.97. The summed E-state index contributed by atoms with van der Waals surface area (Å²) in [4.78, 5) is 3.45. The van der Waals surface area contributed by atoms with Crippen molar-refractivity contribution in [3.05, 3.63) is 35.5 Å². The number of benzene rings is 1. The van der Waals surface area contributed by atoms with Crippen LogP contribution in [0.25, 0.3) is 10.9 Å². The van der Waals surface area contributed by atoms with Crippen LogP contribution < -0.4 is 10.6 Å². The summed E-state index contributed by atoms with van der Waals surface area (Å²) in [5.41, 5.74) is 4.36. The molecule has 4 rings (SSSR count). The lowest BCUT2D eigenvalue weighted by atomic mass is 9.75. The van der Waals surface area contributed by atoms with Crippen molar-refractivity contribution in [2.75, 3.05) is 13.1 Å². The smallest absolute Gasteiger partial charge is 0.0459 e. The van der Waals surface area contributed by atoms with Gasteiger partial charge < -0.3 is 15.6 Å². The van der Waals surface area contributed by atoms with Crippen LogP contribution in [-0.2, 0) is 6.42 Å². The highest BCUT2D eigenvalue weighted by molar-refractivity contribution is 5.88. The predicted molar refractivity (Wildman–Crippen MR) is 92.5 cm³/mol. The van der Waals surface area contributed by atoms with E-state index < -0.39 is 0 Å². The van der Waals surface area contributed by atoms with E-state index in [0.717, 1.165) is 13.1 Å². The Kier molecular flexibility index (Phi) is 3.93. The summed E-state index contributed by atoms with van der Waals surface area (Å²) in [5.74, 6) is 0.657. The van der Waals surface area contributed by atoms with Gasteiger partial charge in [-0.05, 0) is 43.0 Å². The van der Waals surface area contributed by atoms with Gasteiger partial charge in [0, 0.05) is 41.6 Å². The fourth-order valence-electron chi connectivity index (χ4n) is 4.38. The number of unbranched alkanes of at least 4 members (excludes halogenated alkanes) is 2. The van der Waals surface area contributed by atoms with Gasteiger partial charge in [0.05, 0.1) is 0 Å². The van der Waals surface area contributed by atoms with Gasteiger partial charge in [0.15, 0.2) is 0 Å². The minimum absolute atomic E-state index is 0.614. The van der Waals surface area contributed by atoms with Gasteiger partial charge in [0.2, 0.25) is 0 Å². The maximum absolute atomic E-state index is 3.81. The van der Waals surface area contributed by atoms with Crippen LogP contribution in [0.1, 0.15) is 49.7 Å². The molecule has 3 heteroatoms. The van der Waals surface area contributed by atoms with Gasteiger partial charge in [0.25, 0.3) is 0 Å². The van der Waals surface area contributed by atoms with Gasteiger partial charge in [0.1, 0.15) is 0 Å². The molecule has 0 amide bonds. The monoisotopic (exact) mass is 297 g/mol. The number of aromatic amines is 1. The third-order valence-corrected chi connectivity index (χ3v) is 5.52. The van der Waals surface area contributed by atoms with Gasteiger partial charge in [-0.25, -0.2) is 0 Å². The topological polar surface area (TPSA) is 39.8 Å². The first-order valence-corrected chi connectivity index (χ1v) is 8.92. The lowest BCUT2D eigenvalue weighted by Crippen LogP contribution is -2.53. The summed E-state index contributed by atoms with van der Waals surface area (Å²) in [6.45, 7) is 4.55. The zero-order valence-corrected chi connectivity index (χ0v) is 13.5. The van der Waals surface area contributed by atoms with Gasteiger partial charge in [-0.15, -0.1) is 0 Å². The van der Waals surface area contributed by atoms with E-state index in [1.165, 1.54) is 48.6 Å². The molecule has 0 saturated carbocycles. The predicted octanol–water partition coefficient (Wildman–Crippen LogP) is 3.32. The van der Waals surface area contributed by atoms with Crippen LogP contribution in [0.5, 0.6) is 0 Å². The first-order chi connectivity index (χ1) is 10.9. The van der Waals surface area contributed by atoms with Crippen LogP contribution in [0.2, 0.25) is 0 Å². The largest absolute Gasteiger partial charge is 0.361 e. The Balaban J connectivity index is 1.51. The van der Waals surface area contributed by atoms with Crippen molar-refractivity contribution in [3.8, 4) is 0 Å². The molecule has 1 aromatic carbocycles. The molecule has 1 fully saturated rings. The van der Waals surface area contributed by atoms with Crippen molar-refractivity contribution in [2.24, 2.45) is 0 Å².